The average molecular weight is 466 g/mol. The van der Waals surface area contributed by atoms with Gasteiger partial charge in [0.05, 0.1) is 23.3 Å². The average Bonchev–Trinajstić information content (AvgIpc) is 3.47. The highest BCUT2D eigenvalue weighted by atomic mass is 32.1. The third-order valence-corrected chi connectivity index (χ3v) is 6.32. The van der Waals surface area contributed by atoms with Gasteiger partial charge in [-0.1, -0.05) is 36.4 Å². The van der Waals surface area contributed by atoms with Gasteiger partial charge in [0.25, 0.3) is 5.91 Å². The highest BCUT2D eigenvalue weighted by molar-refractivity contribution is 7.07. The fraction of sp³-hybridized carbons (Fsp3) is 0.0385. The SMILES string of the molecule is O=C1COc2ccc(-c3csc(=Nc4ccccc4)n3N=Cc3c[nH]c4ccccc34)cc2N1. The number of anilines is 1. The summed E-state index contributed by atoms with van der Waals surface area (Å²) in [6.45, 7) is 0.0276. The molecule has 0 bridgehead atoms. The van der Waals surface area contributed by atoms with Crippen LogP contribution in [0.1, 0.15) is 5.56 Å². The maximum Gasteiger partial charge on any atom is 0.262 e. The summed E-state index contributed by atoms with van der Waals surface area (Å²) in [5.41, 5.74) is 5.28. The molecule has 2 aromatic heterocycles. The van der Waals surface area contributed by atoms with Crippen molar-refractivity contribution < 1.29 is 9.53 Å². The molecule has 1 aliphatic rings. The molecular formula is C26H19N5O2S. The molecule has 7 nitrogen and oxygen atoms in total. The van der Waals surface area contributed by atoms with E-state index in [9.17, 15) is 4.79 Å². The zero-order valence-electron chi connectivity index (χ0n) is 17.9. The lowest BCUT2D eigenvalue weighted by Gasteiger charge is -2.18. The molecule has 0 unspecified atom stereocenters. The molecular weight excluding hydrogens is 446 g/mol. The number of carbonyl (C=O) groups excluding carboxylic acids is 1. The maximum absolute atomic E-state index is 11.8. The van der Waals surface area contributed by atoms with E-state index in [0.717, 1.165) is 38.2 Å². The lowest BCUT2D eigenvalue weighted by atomic mass is 10.1. The molecule has 0 saturated heterocycles. The summed E-state index contributed by atoms with van der Waals surface area (Å²) in [5.74, 6) is 0.488. The Kier molecular flexibility index (Phi) is 5.04. The van der Waals surface area contributed by atoms with Crippen molar-refractivity contribution in [3.8, 4) is 17.0 Å². The van der Waals surface area contributed by atoms with Crippen LogP contribution in [0.3, 0.4) is 0 Å². The highest BCUT2D eigenvalue weighted by Gasteiger charge is 2.18. The summed E-state index contributed by atoms with van der Waals surface area (Å²) in [7, 11) is 0. The third-order valence-electron chi connectivity index (χ3n) is 5.51. The van der Waals surface area contributed by atoms with Crippen molar-refractivity contribution in [3.05, 3.63) is 94.7 Å². The van der Waals surface area contributed by atoms with Gasteiger partial charge < -0.3 is 15.0 Å². The van der Waals surface area contributed by atoms with Gasteiger partial charge in [-0.3, -0.25) is 4.79 Å². The van der Waals surface area contributed by atoms with E-state index in [0.29, 0.717) is 11.4 Å². The largest absolute Gasteiger partial charge is 0.482 e. The molecule has 1 aliphatic heterocycles. The third kappa shape index (κ3) is 3.80. The molecule has 8 heteroatoms. The molecule has 1 amide bonds. The number of nitrogens with zero attached hydrogens (tertiary/aromatic N) is 3. The Balaban J connectivity index is 1.48. The number of para-hydroxylation sites is 2. The lowest BCUT2D eigenvalue weighted by Crippen LogP contribution is -2.25. The number of aromatic amines is 1. The maximum atomic E-state index is 11.8. The number of hydrogen-bond acceptors (Lipinski definition) is 5. The van der Waals surface area contributed by atoms with E-state index >= 15 is 0 Å². The van der Waals surface area contributed by atoms with E-state index in [1.807, 2.05) is 89.2 Å². The minimum absolute atomic E-state index is 0.0276. The van der Waals surface area contributed by atoms with Gasteiger partial charge in [-0.15, -0.1) is 11.3 Å². The van der Waals surface area contributed by atoms with Crippen LogP contribution >= 0.6 is 11.3 Å². The molecule has 6 rings (SSSR count). The number of H-pyrrole nitrogens is 1. The summed E-state index contributed by atoms with van der Waals surface area (Å²) in [5, 5.41) is 10.8. The van der Waals surface area contributed by atoms with Crippen molar-refractivity contribution in [1.29, 1.82) is 0 Å². The summed E-state index contributed by atoms with van der Waals surface area (Å²) >= 11 is 1.50. The second kappa shape index (κ2) is 8.49. The number of amides is 1. The van der Waals surface area contributed by atoms with Crippen molar-refractivity contribution in [3.63, 3.8) is 0 Å². The van der Waals surface area contributed by atoms with Crippen LogP contribution in [0.2, 0.25) is 0 Å². The molecule has 166 valence electrons. The van der Waals surface area contributed by atoms with Gasteiger partial charge in [-0.2, -0.15) is 5.10 Å². The number of hydrogen-bond donors (Lipinski definition) is 2. The van der Waals surface area contributed by atoms with E-state index in [2.05, 4.69) is 16.4 Å². The number of ether oxygens (including phenoxy) is 1. The Morgan fingerprint density at radius 1 is 1.03 bits per heavy atom. The first kappa shape index (κ1) is 20.2. The van der Waals surface area contributed by atoms with E-state index in [-0.39, 0.29) is 12.5 Å². The first-order valence-corrected chi connectivity index (χ1v) is 11.6. The molecule has 2 N–H and O–H groups in total. The second-order valence-corrected chi connectivity index (χ2v) is 8.58. The number of aromatic nitrogens is 2. The van der Waals surface area contributed by atoms with Gasteiger partial charge in [0.15, 0.2) is 6.61 Å². The minimum atomic E-state index is -0.167. The Bertz CT molecular complexity index is 1610. The van der Waals surface area contributed by atoms with Gasteiger partial charge in [0, 0.05) is 33.6 Å². The normalized spacial score (nSPS) is 13.8. The van der Waals surface area contributed by atoms with Crippen molar-refractivity contribution in [2.24, 2.45) is 10.1 Å². The zero-order valence-corrected chi connectivity index (χ0v) is 18.8. The van der Waals surface area contributed by atoms with E-state index in [4.69, 9.17) is 14.8 Å². The Labute approximate surface area is 198 Å². The number of thiazole rings is 1. The fourth-order valence-corrected chi connectivity index (χ4v) is 4.72. The molecule has 5 aromatic rings. The van der Waals surface area contributed by atoms with Gasteiger partial charge in [-0.05, 0) is 36.4 Å². The summed E-state index contributed by atoms with van der Waals surface area (Å²) in [4.78, 5) is 20.6. The molecule has 0 spiro atoms. The van der Waals surface area contributed by atoms with Gasteiger partial charge >= 0.3 is 0 Å². The van der Waals surface area contributed by atoms with Crippen LogP contribution in [-0.2, 0) is 4.79 Å². The predicted molar refractivity (Wildman–Crippen MR) is 135 cm³/mol. The van der Waals surface area contributed by atoms with E-state index < -0.39 is 0 Å². The Hall–Kier alpha value is -4.43. The molecule has 3 aromatic carbocycles. The van der Waals surface area contributed by atoms with Gasteiger partial charge in [0.1, 0.15) is 5.75 Å². The molecule has 0 radical (unpaired) electrons. The van der Waals surface area contributed by atoms with Crippen LogP contribution in [0.5, 0.6) is 5.75 Å². The van der Waals surface area contributed by atoms with Crippen molar-refractivity contribution in [2.75, 3.05) is 11.9 Å². The van der Waals surface area contributed by atoms with Crippen molar-refractivity contribution >= 4 is 45.7 Å². The second-order valence-electron chi connectivity index (χ2n) is 7.74. The quantitative estimate of drug-likeness (QED) is 0.360. The predicted octanol–water partition coefficient (Wildman–Crippen LogP) is 5.14. The van der Waals surface area contributed by atoms with Crippen LogP contribution in [0.15, 0.2) is 94.5 Å². The topological polar surface area (TPSA) is 83.8 Å². The van der Waals surface area contributed by atoms with Crippen molar-refractivity contribution in [1.82, 2.24) is 9.66 Å². The van der Waals surface area contributed by atoms with Gasteiger partial charge in [-0.25, -0.2) is 9.67 Å². The first-order valence-electron chi connectivity index (χ1n) is 10.7. The Morgan fingerprint density at radius 2 is 1.88 bits per heavy atom. The molecule has 3 heterocycles. The van der Waals surface area contributed by atoms with E-state index in [1.165, 1.54) is 11.3 Å². The van der Waals surface area contributed by atoms with Crippen molar-refractivity contribution in [2.45, 2.75) is 0 Å². The Morgan fingerprint density at radius 3 is 2.79 bits per heavy atom. The number of rotatable bonds is 4. The monoisotopic (exact) mass is 465 g/mol. The van der Waals surface area contributed by atoms with Crippen LogP contribution in [0, 0.1) is 0 Å². The van der Waals surface area contributed by atoms with Crippen LogP contribution in [-0.4, -0.2) is 28.4 Å². The van der Waals surface area contributed by atoms with Crippen LogP contribution in [0.4, 0.5) is 11.4 Å². The van der Waals surface area contributed by atoms with E-state index in [1.54, 1.807) is 0 Å². The summed E-state index contributed by atoms with van der Waals surface area (Å²) in [6.07, 6.45) is 3.78. The lowest BCUT2D eigenvalue weighted by molar-refractivity contribution is -0.118. The molecule has 0 aliphatic carbocycles. The number of carbonyl (C=O) groups is 1. The fourth-order valence-electron chi connectivity index (χ4n) is 3.86. The number of fused-ring (bicyclic) bond motifs is 2. The summed E-state index contributed by atoms with van der Waals surface area (Å²) < 4.78 is 7.34. The number of nitrogens with one attached hydrogen (secondary N) is 2. The zero-order chi connectivity index (χ0) is 22.9. The van der Waals surface area contributed by atoms with Crippen LogP contribution < -0.4 is 14.9 Å². The molecule has 0 atom stereocenters. The first-order chi connectivity index (χ1) is 16.7. The smallest absolute Gasteiger partial charge is 0.262 e. The molecule has 0 saturated carbocycles. The number of benzene rings is 3. The van der Waals surface area contributed by atoms with Crippen LogP contribution in [0.25, 0.3) is 22.2 Å². The molecule has 34 heavy (non-hydrogen) atoms. The van der Waals surface area contributed by atoms with Gasteiger partial charge in [0.2, 0.25) is 4.80 Å². The minimum Gasteiger partial charge on any atom is -0.482 e. The highest BCUT2D eigenvalue weighted by Crippen LogP contribution is 2.33. The standard InChI is InChI=1S/C26H19N5O2S/c32-25-15-33-24-11-10-17(12-22(24)30-25)23-16-34-26(29-19-6-2-1-3-7-19)31(23)28-14-18-13-27-21-9-5-4-8-20(18)21/h1-14,16,27H,15H2,(H,30,32). The molecule has 0 fully saturated rings. The summed E-state index contributed by atoms with van der Waals surface area (Å²) in [6, 6.07) is 23.6.